The number of aromatic amines is 1. The van der Waals surface area contributed by atoms with Crippen molar-refractivity contribution in [3.63, 3.8) is 0 Å². The zero-order valence-electron chi connectivity index (χ0n) is 18.3. The summed E-state index contributed by atoms with van der Waals surface area (Å²) >= 11 is 1.17. The Bertz CT molecular complexity index is 1260. The Hall–Kier alpha value is -2.94. The van der Waals surface area contributed by atoms with Crippen LogP contribution in [0, 0.1) is 24.6 Å². The number of amides is 1. The van der Waals surface area contributed by atoms with Gasteiger partial charge in [0.2, 0.25) is 0 Å². The van der Waals surface area contributed by atoms with E-state index in [-0.39, 0.29) is 29.9 Å². The summed E-state index contributed by atoms with van der Waals surface area (Å²) in [5.41, 5.74) is 5.38. The highest BCUT2D eigenvalue weighted by Gasteiger charge is 2.29. The second-order valence-electron chi connectivity index (χ2n) is 8.48. The van der Waals surface area contributed by atoms with Gasteiger partial charge in [-0.25, -0.2) is 9.18 Å². The number of nitrogen functional groups attached to an aromatic ring is 1. The van der Waals surface area contributed by atoms with E-state index in [0.29, 0.717) is 27.1 Å². The third kappa shape index (κ3) is 4.27. The third-order valence-corrected chi connectivity index (χ3v) is 6.17. The van der Waals surface area contributed by atoms with Crippen LogP contribution in [0.5, 0.6) is 0 Å². The van der Waals surface area contributed by atoms with E-state index >= 15 is 0 Å². The van der Waals surface area contributed by atoms with E-state index in [1.807, 2.05) is 27.7 Å². The number of halogens is 1. The van der Waals surface area contributed by atoms with E-state index in [9.17, 15) is 18.8 Å². The van der Waals surface area contributed by atoms with Gasteiger partial charge in [-0.05, 0) is 36.5 Å². The monoisotopic (exact) mass is 446 g/mol. The quantitative estimate of drug-likeness (QED) is 0.602. The van der Waals surface area contributed by atoms with E-state index in [2.05, 4.69) is 4.98 Å². The molecule has 31 heavy (non-hydrogen) atoms. The minimum atomic E-state index is -0.721. The summed E-state index contributed by atoms with van der Waals surface area (Å²) in [6.07, 6.45) is 0. The first-order valence-corrected chi connectivity index (χ1v) is 11.0. The Balaban J connectivity index is 2.22. The number of hydrogen-bond donors (Lipinski definition) is 2. The first-order valence-electron chi connectivity index (χ1n) is 10.1. The van der Waals surface area contributed by atoms with Crippen LogP contribution in [0.1, 0.15) is 42.9 Å². The van der Waals surface area contributed by atoms with Crippen LogP contribution in [-0.2, 0) is 6.54 Å². The zero-order chi connectivity index (χ0) is 23.0. The van der Waals surface area contributed by atoms with Gasteiger partial charge in [0.1, 0.15) is 11.6 Å². The minimum absolute atomic E-state index is 0.0136. The fourth-order valence-corrected chi connectivity index (χ4v) is 4.78. The molecule has 0 spiro atoms. The Kier molecular flexibility index (Phi) is 6.35. The number of fused-ring (bicyclic) bond motifs is 1. The lowest BCUT2D eigenvalue weighted by Crippen LogP contribution is -2.43. The number of benzene rings is 1. The molecule has 7 nitrogen and oxygen atoms in total. The normalized spacial score (nSPS) is 11.6. The van der Waals surface area contributed by atoms with Gasteiger partial charge in [0.25, 0.3) is 11.5 Å². The van der Waals surface area contributed by atoms with Crippen LogP contribution in [0.25, 0.3) is 10.1 Å². The third-order valence-electron chi connectivity index (χ3n) is 4.92. The van der Waals surface area contributed by atoms with E-state index in [1.165, 1.54) is 26.9 Å². The average Bonchev–Trinajstić information content (AvgIpc) is 3.01. The second kappa shape index (κ2) is 8.66. The number of hydrogen-bond acceptors (Lipinski definition) is 5. The number of anilines is 2. The van der Waals surface area contributed by atoms with Crippen molar-refractivity contribution in [2.45, 2.75) is 41.2 Å². The maximum Gasteiger partial charge on any atom is 0.330 e. The van der Waals surface area contributed by atoms with Crippen LogP contribution >= 0.6 is 11.3 Å². The van der Waals surface area contributed by atoms with Gasteiger partial charge in [-0.1, -0.05) is 33.8 Å². The number of aryl methyl sites for hydroxylation is 1. The number of aromatic nitrogens is 2. The van der Waals surface area contributed by atoms with Gasteiger partial charge < -0.3 is 5.73 Å². The molecule has 0 saturated heterocycles. The lowest BCUT2D eigenvalue weighted by atomic mass is 10.1. The van der Waals surface area contributed by atoms with Crippen molar-refractivity contribution < 1.29 is 9.18 Å². The molecule has 3 aromatic rings. The van der Waals surface area contributed by atoms with Crippen LogP contribution in [0.2, 0.25) is 0 Å². The number of carbonyl (C=O) groups excluding carboxylic acids is 1. The predicted molar refractivity (Wildman–Crippen MR) is 124 cm³/mol. The number of nitrogens with two attached hydrogens (primary N) is 1. The number of nitrogens with zero attached hydrogens (tertiary/aromatic N) is 2. The largest absolute Gasteiger partial charge is 0.383 e. The fourth-order valence-electron chi connectivity index (χ4n) is 3.61. The van der Waals surface area contributed by atoms with Gasteiger partial charge in [-0.2, -0.15) is 0 Å². The maximum atomic E-state index is 14.4. The van der Waals surface area contributed by atoms with Gasteiger partial charge >= 0.3 is 5.69 Å². The van der Waals surface area contributed by atoms with Crippen molar-refractivity contribution in [1.29, 1.82) is 0 Å². The molecule has 0 radical (unpaired) electrons. The smallest absolute Gasteiger partial charge is 0.330 e. The summed E-state index contributed by atoms with van der Waals surface area (Å²) in [5, 5.41) is 0.395. The van der Waals surface area contributed by atoms with Crippen LogP contribution in [0.3, 0.4) is 0 Å². The average molecular weight is 447 g/mol. The molecule has 9 heteroatoms. The molecule has 1 amide bonds. The molecular weight excluding hydrogens is 419 g/mol. The van der Waals surface area contributed by atoms with Gasteiger partial charge in [0.05, 0.1) is 4.88 Å². The Morgan fingerprint density at radius 2 is 1.90 bits per heavy atom. The Morgan fingerprint density at radius 1 is 1.23 bits per heavy atom. The number of rotatable bonds is 6. The number of thiophene rings is 1. The molecule has 0 aliphatic carbocycles. The Morgan fingerprint density at radius 3 is 2.48 bits per heavy atom. The second-order valence-corrected chi connectivity index (χ2v) is 9.53. The minimum Gasteiger partial charge on any atom is -0.383 e. The van der Waals surface area contributed by atoms with E-state index in [0.717, 1.165) is 0 Å². The molecule has 3 rings (SSSR count). The number of H-pyrrole nitrogens is 1. The van der Waals surface area contributed by atoms with Crippen molar-refractivity contribution in [2.75, 3.05) is 17.2 Å². The predicted octanol–water partition coefficient (Wildman–Crippen LogP) is 3.74. The van der Waals surface area contributed by atoms with Crippen molar-refractivity contribution in [2.24, 2.45) is 11.8 Å². The standard InChI is InChI=1S/C22H27FN4O3S/c1-11(2)9-26(17-19(24)27(10-12(3)4)22(30)25-20(17)28)21(29)18-13(5)16-14(23)7-6-8-15(16)31-18/h6-8,11-12H,9-10,24H2,1-5H3,(H,25,28,30). The van der Waals surface area contributed by atoms with Gasteiger partial charge in [0, 0.05) is 23.2 Å². The molecular formula is C22H27FN4O3S. The highest BCUT2D eigenvalue weighted by molar-refractivity contribution is 7.21. The molecule has 166 valence electrons. The lowest BCUT2D eigenvalue weighted by molar-refractivity contribution is 0.0987. The van der Waals surface area contributed by atoms with Crippen molar-refractivity contribution in [3.8, 4) is 0 Å². The van der Waals surface area contributed by atoms with E-state index in [4.69, 9.17) is 5.73 Å². The molecule has 1 aromatic carbocycles. The van der Waals surface area contributed by atoms with Crippen LogP contribution < -0.4 is 21.9 Å². The summed E-state index contributed by atoms with van der Waals surface area (Å²) in [4.78, 5) is 42.6. The molecule has 3 N–H and O–H groups in total. The summed E-state index contributed by atoms with van der Waals surface area (Å²) < 4.78 is 16.3. The number of nitrogens with one attached hydrogen (secondary N) is 1. The van der Waals surface area contributed by atoms with Gasteiger partial charge in [-0.15, -0.1) is 11.3 Å². The first kappa shape index (κ1) is 22.7. The first-order chi connectivity index (χ1) is 14.5. The summed E-state index contributed by atoms with van der Waals surface area (Å²) in [6, 6.07) is 4.70. The van der Waals surface area contributed by atoms with Gasteiger partial charge in [-0.3, -0.25) is 24.0 Å². The highest BCUT2D eigenvalue weighted by Crippen LogP contribution is 2.34. The maximum absolute atomic E-state index is 14.4. The van der Waals surface area contributed by atoms with Crippen LogP contribution in [0.15, 0.2) is 27.8 Å². The summed E-state index contributed by atoms with van der Waals surface area (Å²) in [5.74, 6) is -0.788. The molecule has 0 fully saturated rings. The molecule has 0 unspecified atom stereocenters. The summed E-state index contributed by atoms with van der Waals surface area (Å²) in [6.45, 7) is 9.85. The molecule has 0 aliphatic rings. The van der Waals surface area contributed by atoms with Crippen LogP contribution in [0.4, 0.5) is 15.9 Å². The zero-order valence-corrected chi connectivity index (χ0v) is 19.1. The Labute approximate surface area is 183 Å². The molecule has 0 saturated carbocycles. The molecule has 2 aromatic heterocycles. The van der Waals surface area contributed by atoms with E-state index < -0.39 is 23.0 Å². The topological polar surface area (TPSA) is 101 Å². The lowest BCUT2D eigenvalue weighted by Gasteiger charge is -2.26. The van der Waals surface area contributed by atoms with Crippen LogP contribution in [-0.4, -0.2) is 22.0 Å². The van der Waals surface area contributed by atoms with Gasteiger partial charge in [0.15, 0.2) is 5.69 Å². The van der Waals surface area contributed by atoms with Crippen molar-refractivity contribution >= 4 is 38.8 Å². The molecule has 0 bridgehead atoms. The molecule has 0 atom stereocenters. The number of carbonyl (C=O) groups is 1. The fraction of sp³-hybridized carbons (Fsp3) is 0.409. The highest BCUT2D eigenvalue weighted by atomic mass is 32.1. The SMILES string of the molecule is Cc1c(C(=O)N(CC(C)C)c2c(N)n(CC(C)C)c(=O)[nH]c2=O)sc2cccc(F)c12. The molecule has 0 aliphatic heterocycles. The molecule has 2 heterocycles. The van der Waals surface area contributed by atoms with Crippen molar-refractivity contribution in [1.82, 2.24) is 9.55 Å². The summed E-state index contributed by atoms with van der Waals surface area (Å²) in [7, 11) is 0. The van der Waals surface area contributed by atoms with Crippen molar-refractivity contribution in [3.05, 3.63) is 55.3 Å². The van der Waals surface area contributed by atoms with E-state index in [1.54, 1.807) is 19.1 Å².